The number of rotatable bonds is 6. The highest BCUT2D eigenvalue weighted by molar-refractivity contribution is 5.92. The summed E-state index contributed by atoms with van der Waals surface area (Å²) < 4.78 is 5.18. The summed E-state index contributed by atoms with van der Waals surface area (Å²) in [6.45, 7) is 5.35. The molecule has 2 bridgehead atoms. The van der Waals surface area contributed by atoms with E-state index in [0.29, 0.717) is 25.7 Å². The SMILES string of the molecule is CCC(C)(C)C(=O)OCC(=O)CC1C2CC3C1CC(=O)C3(C#N)C2. The minimum absolute atomic E-state index is 0.0743. The van der Waals surface area contributed by atoms with Gasteiger partial charge in [0.15, 0.2) is 11.6 Å². The molecule has 3 aliphatic carbocycles. The highest BCUT2D eigenvalue weighted by Gasteiger charge is 2.68. The molecule has 0 heterocycles. The third-order valence-corrected chi connectivity index (χ3v) is 6.83. The molecule has 0 aromatic heterocycles. The second-order valence-electron chi connectivity index (χ2n) is 8.40. The van der Waals surface area contributed by atoms with Crippen molar-refractivity contribution in [3.8, 4) is 6.07 Å². The molecule has 24 heavy (non-hydrogen) atoms. The zero-order valence-electron chi connectivity index (χ0n) is 14.6. The zero-order chi connectivity index (χ0) is 17.7. The Hall–Kier alpha value is -1.70. The highest BCUT2D eigenvalue weighted by atomic mass is 16.5. The van der Waals surface area contributed by atoms with Crippen molar-refractivity contribution < 1.29 is 19.1 Å². The van der Waals surface area contributed by atoms with Gasteiger partial charge in [-0.3, -0.25) is 14.4 Å². The summed E-state index contributed by atoms with van der Waals surface area (Å²) in [5.74, 6) is 0.433. The maximum Gasteiger partial charge on any atom is 0.311 e. The number of ether oxygens (including phenoxy) is 1. The second kappa shape index (κ2) is 5.68. The van der Waals surface area contributed by atoms with Crippen LogP contribution in [0.5, 0.6) is 0 Å². The molecule has 0 saturated heterocycles. The van der Waals surface area contributed by atoms with E-state index < -0.39 is 10.8 Å². The summed E-state index contributed by atoms with van der Waals surface area (Å²) in [4.78, 5) is 36.5. The molecule has 3 aliphatic rings. The molecular formula is C19H25NO4. The Morgan fingerprint density at radius 3 is 2.75 bits per heavy atom. The first-order valence-corrected chi connectivity index (χ1v) is 8.88. The van der Waals surface area contributed by atoms with Crippen LogP contribution in [0.25, 0.3) is 0 Å². The summed E-state index contributed by atoms with van der Waals surface area (Å²) in [5, 5.41) is 9.45. The maximum absolute atomic E-state index is 12.3. The molecule has 3 saturated carbocycles. The molecule has 3 fully saturated rings. The van der Waals surface area contributed by atoms with Gasteiger partial charge in [0.2, 0.25) is 0 Å². The number of carbonyl (C=O) groups excluding carboxylic acids is 3. The molecule has 0 amide bonds. The Bertz CT molecular complexity index is 632. The molecule has 5 atom stereocenters. The van der Waals surface area contributed by atoms with Crippen molar-refractivity contribution in [2.45, 2.75) is 52.9 Å². The van der Waals surface area contributed by atoms with Gasteiger partial charge in [-0.2, -0.15) is 5.26 Å². The number of nitrogens with zero attached hydrogens (tertiary/aromatic N) is 1. The van der Waals surface area contributed by atoms with Crippen molar-refractivity contribution >= 4 is 17.5 Å². The molecule has 130 valence electrons. The number of esters is 1. The number of Topliss-reactive ketones (excluding diaryl/α,β-unsaturated/α-hetero) is 2. The first-order chi connectivity index (χ1) is 11.2. The van der Waals surface area contributed by atoms with Crippen LogP contribution in [0.2, 0.25) is 0 Å². The Kier molecular flexibility index (Phi) is 4.06. The topological polar surface area (TPSA) is 84.2 Å². The van der Waals surface area contributed by atoms with E-state index in [2.05, 4.69) is 6.07 Å². The number of hydrogen-bond donors (Lipinski definition) is 0. The van der Waals surface area contributed by atoms with E-state index in [1.54, 1.807) is 13.8 Å². The highest BCUT2D eigenvalue weighted by Crippen LogP contribution is 2.67. The fourth-order valence-corrected chi connectivity index (χ4v) is 5.02. The van der Waals surface area contributed by atoms with Gasteiger partial charge < -0.3 is 4.74 Å². The first-order valence-electron chi connectivity index (χ1n) is 8.88. The van der Waals surface area contributed by atoms with Gasteiger partial charge in [0.1, 0.15) is 12.0 Å². The van der Waals surface area contributed by atoms with Crippen LogP contribution < -0.4 is 0 Å². The van der Waals surface area contributed by atoms with Crippen LogP contribution in [-0.4, -0.2) is 24.1 Å². The standard InChI is InChI=1S/C19H25NO4/c1-4-18(2,3)17(23)24-9-12(21)6-13-11-5-15-14(13)7-16(22)19(15,8-11)10-20/h11,13-15H,4-9H2,1-3H3. The van der Waals surface area contributed by atoms with Crippen LogP contribution in [0.15, 0.2) is 0 Å². The van der Waals surface area contributed by atoms with Crippen molar-refractivity contribution in [1.29, 1.82) is 5.26 Å². The molecule has 0 spiro atoms. The summed E-state index contributed by atoms with van der Waals surface area (Å²) in [6, 6.07) is 2.28. The van der Waals surface area contributed by atoms with Gasteiger partial charge in [-0.05, 0) is 56.8 Å². The third-order valence-electron chi connectivity index (χ3n) is 6.83. The molecule has 5 unspecified atom stereocenters. The first kappa shape index (κ1) is 17.1. The summed E-state index contributed by atoms with van der Waals surface area (Å²) in [7, 11) is 0. The predicted molar refractivity (Wildman–Crippen MR) is 85.5 cm³/mol. The van der Waals surface area contributed by atoms with Crippen LogP contribution >= 0.6 is 0 Å². The largest absolute Gasteiger partial charge is 0.457 e. The van der Waals surface area contributed by atoms with Gasteiger partial charge in [0.05, 0.1) is 11.5 Å². The number of fused-ring (bicyclic) bond motifs is 1. The van der Waals surface area contributed by atoms with E-state index in [4.69, 9.17) is 4.74 Å². The zero-order valence-corrected chi connectivity index (χ0v) is 14.6. The Labute approximate surface area is 142 Å². The van der Waals surface area contributed by atoms with Gasteiger partial charge >= 0.3 is 5.97 Å². The van der Waals surface area contributed by atoms with E-state index in [0.717, 1.165) is 6.42 Å². The fraction of sp³-hybridized carbons (Fsp3) is 0.789. The van der Waals surface area contributed by atoms with Crippen molar-refractivity contribution in [1.82, 2.24) is 0 Å². The van der Waals surface area contributed by atoms with Crippen molar-refractivity contribution in [2.24, 2.45) is 34.5 Å². The normalized spacial score (nSPS) is 36.7. The Morgan fingerprint density at radius 2 is 2.12 bits per heavy atom. The lowest BCUT2D eigenvalue weighted by Gasteiger charge is -2.30. The van der Waals surface area contributed by atoms with Gasteiger partial charge in [-0.25, -0.2) is 0 Å². The van der Waals surface area contributed by atoms with Crippen LogP contribution in [0.4, 0.5) is 0 Å². The van der Waals surface area contributed by atoms with Gasteiger partial charge in [0, 0.05) is 12.8 Å². The van der Waals surface area contributed by atoms with Crippen LogP contribution in [0.1, 0.15) is 52.9 Å². The number of nitriles is 1. The molecule has 5 heteroatoms. The average Bonchev–Trinajstić information content (AvgIpc) is 3.14. The number of carbonyl (C=O) groups is 3. The van der Waals surface area contributed by atoms with Gasteiger partial charge in [-0.1, -0.05) is 6.92 Å². The van der Waals surface area contributed by atoms with Crippen LogP contribution in [-0.2, 0) is 19.1 Å². The summed E-state index contributed by atoms with van der Waals surface area (Å²) in [5.41, 5.74) is -1.33. The quantitative estimate of drug-likeness (QED) is 0.699. The molecule has 5 nitrogen and oxygen atoms in total. The van der Waals surface area contributed by atoms with E-state index in [1.165, 1.54) is 0 Å². The van der Waals surface area contributed by atoms with Crippen LogP contribution in [0.3, 0.4) is 0 Å². The van der Waals surface area contributed by atoms with Crippen molar-refractivity contribution in [2.75, 3.05) is 6.61 Å². The molecule has 0 N–H and O–H groups in total. The lowest BCUT2D eigenvalue weighted by atomic mass is 9.70. The smallest absolute Gasteiger partial charge is 0.311 e. The van der Waals surface area contributed by atoms with Crippen molar-refractivity contribution in [3.05, 3.63) is 0 Å². The Morgan fingerprint density at radius 1 is 1.42 bits per heavy atom. The summed E-state index contributed by atoms with van der Waals surface area (Å²) in [6.07, 6.45) is 2.97. The molecule has 0 aliphatic heterocycles. The van der Waals surface area contributed by atoms with E-state index in [1.807, 2.05) is 6.92 Å². The van der Waals surface area contributed by atoms with Gasteiger partial charge in [0.25, 0.3) is 0 Å². The second-order valence-corrected chi connectivity index (χ2v) is 8.40. The van der Waals surface area contributed by atoms with E-state index in [-0.39, 0.29) is 47.8 Å². The number of ketones is 2. The summed E-state index contributed by atoms with van der Waals surface area (Å²) >= 11 is 0. The Balaban J connectivity index is 1.57. The maximum atomic E-state index is 12.3. The van der Waals surface area contributed by atoms with Crippen molar-refractivity contribution in [3.63, 3.8) is 0 Å². The predicted octanol–water partition coefficient (Wildman–Crippen LogP) is 2.68. The lowest BCUT2D eigenvalue weighted by molar-refractivity contribution is -0.157. The number of hydrogen-bond acceptors (Lipinski definition) is 5. The molecule has 0 radical (unpaired) electrons. The minimum atomic E-state index is -0.757. The molecular weight excluding hydrogens is 306 g/mol. The molecule has 0 aromatic carbocycles. The van der Waals surface area contributed by atoms with Gasteiger partial charge in [-0.15, -0.1) is 0 Å². The monoisotopic (exact) mass is 331 g/mol. The minimum Gasteiger partial charge on any atom is -0.457 e. The molecule has 0 aromatic rings. The van der Waals surface area contributed by atoms with E-state index in [9.17, 15) is 19.6 Å². The fourth-order valence-electron chi connectivity index (χ4n) is 5.02. The third kappa shape index (κ3) is 2.39. The molecule has 3 rings (SSSR count). The van der Waals surface area contributed by atoms with E-state index >= 15 is 0 Å². The lowest BCUT2D eigenvalue weighted by Crippen LogP contribution is -2.33. The average molecular weight is 331 g/mol. The van der Waals surface area contributed by atoms with Crippen LogP contribution in [0, 0.1) is 45.8 Å².